The molecule has 0 aliphatic carbocycles. The summed E-state index contributed by atoms with van der Waals surface area (Å²) in [6.45, 7) is 14.0. The van der Waals surface area contributed by atoms with Crippen LogP contribution in [-0.2, 0) is 16.6 Å². The van der Waals surface area contributed by atoms with Crippen LogP contribution < -0.4 is 5.32 Å². The van der Waals surface area contributed by atoms with E-state index < -0.39 is 0 Å². The summed E-state index contributed by atoms with van der Waals surface area (Å²) in [7, 11) is 0. The second-order valence-corrected chi connectivity index (χ2v) is 8.52. The van der Waals surface area contributed by atoms with E-state index in [1.165, 1.54) is 5.56 Å². The number of hydrogen-bond donors (Lipinski definition) is 1. The van der Waals surface area contributed by atoms with Crippen LogP contribution in [0.4, 0.5) is 4.79 Å². The first-order valence-corrected chi connectivity index (χ1v) is 10.1. The van der Waals surface area contributed by atoms with E-state index in [1.807, 2.05) is 16.7 Å². The van der Waals surface area contributed by atoms with Gasteiger partial charge in [0.25, 0.3) is 0 Å². The Hall–Kier alpha value is -2.04. The summed E-state index contributed by atoms with van der Waals surface area (Å²) in [5.74, 6) is 0.153. The molecular weight excluding hydrogens is 338 g/mol. The lowest BCUT2D eigenvalue weighted by molar-refractivity contribution is -0.130. The molecule has 1 N–H and O–H groups in total. The molecule has 150 valence electrons. The minimum absolute atomic E-state index is 0.0140. The van der Waals surface area contributed by atoms with Crippen LogP contribution in [0, 0.1) is 6.92 Å². The van der Waals surface area contributed by atoms with Crippen molar-refractivity contribution in [2.45, 2.75) is 59.3 Å². The van der Waals surface area contributed by atoms with E-state index in [0.717, 1.165) is 24.0 Å². The van der Waals surface area contributed by atoms with E-state index in [-0.39, 0.29) is 17.4 Å². The van der Waals surface area contributed by atoms with E-state index >= 15 is 0 Å². The second-order valence-electron chi connectivity index (χ2n) is 8.52. The number of benzene rings is 1. The van der Waals surface area contributed by atoms with E-state index in [9.17, 15) is 9.59 Å². The van der Waals surface area contributed by atoms with Crippen LogP contribution in [0.15, 0.2) is 18.2 Å². The minimum atomic E-state index is -0.0140. The Morgan fingerprint density at radius 3 is 2.41 bits per heavy atom. The van der Waals surface area contributed by atoms with Crippen molar-refractivity contribution in [3.05, 3.63) is 34.9 Å². The zero-order valence-corrected chi connectivity index (χ0v) is 17.6. The van der Waals surface area contributed by atoms with E-state index in [4.69, 9.17) is 0 Å². The fourth-order valence-electron chi connectivity index (χ4n) is 3.32. The predicted octanol–water partition coefficient (Wildman–Crippen LogP) is 3.49. The van der Waals surface area contributed by atoms with Crippen LogP contribution >= 0.6 is 0 Å². The lowest BCUT2D eigenvalue weighted by Gasteiger charge is -2.24. The number of nitrogens with one attached hydrogen (secondary N) is 1. The monoisotopic (exact) mass is 373 g/mol. The number of carbonyl (C=O) groups is 2. The molecule has 27 heavy (non-hydrogen) atoms. The van der Waals surface area contributed by atoms with Gasteiger partial charge in [0.05, 0.1) is 6.42 Å². The third-order valence-electron chi connectivity index (χ3n) is 5.22. The Bertz CT molecular complexity index is 664. The predicted molar refractivity (Wildman–Crippen MR) is 110 cm³/mol. The number of nitrogens with zero attached hydrogens (tertiary/aromatic N) is 2. The third kappa shape index (κ3) is 5.98. The molecule has 5 nitrogen and oxygen atoms in total. The van der Waals surface area contributed by atoms with Gasteiger partial charge in [-0.05, 0) is 41.9 Å². The molecule has 1 aromatic rings. The van der Waals surface area contributed by atoms with Crippen LogP contribution in [0.5, 0.6) is 0 Å². The summed E-state index contributed by atoms with van der Waals surface area (Å²) in [5, 5.41) is 2.93. The summed E-state index contributed by atoms with van der Waals surface area (Å²) < 4.78 is 0. The van der Waals surface area contributed by atoms with E-state index in [2.05, 4.69) is 51.2 Å². The highest BCUT2D eigenvalue weighted by Gasteiger charge is 2.23. The zero-order valence-electron chi connectivity index (χ0n) is 17.6. The normalized spacial score (nSPS) is 15.4. The molecule has 0 bridgehead atoms. The molecular formula is C22H35N3O2. The molecule has 1 heterocycles. The smallest absolute Gasteiger partial charge is 0.317 e. The quantitative estimate of drug-likeness (QED) is 0.878. The van der Waals surface area contributed by atoms with Crippen LogP contribution in [0.25, 0.3) is 0 Å². The topological polar surface area (TPSA) is 52.7 Å². The first kappa shape index (κ1) is 21.3. The molecule has 1 saturated heterocycles. The summed E-state index contributed by atoms with van der Waals surface area (Å²) >= 11 is 0. The summed E-state index contributed by atoms with van der Waals surface area (Å²) in [6, 6.07) is 6.43. The Morgan fingerprint density at radius 1 is 1.07 bits per heavy atom. The first-order valence-electron chi connectivity index (χ1n) is 10.1. The molecule has 1 aliphatic heterocycles. The zero-order chi connectivity index (χ0) is 20.0. The lowest BCUT2D eigenvalue weighted by Crippen LogP contribution is -2.43. The maximum Gasteiger partial charge on any atom is 0.317 e. The number of amides is 3. The Balaban J connectivity index is 1.99. The molecule has 5 heteroatoms. The van der Waals surface area contributed by atoms with Gasteiger partial charge < -0.3 is 15.1 Å². The molecule has 0 aromatic heterocycles. The average molecular weight is 374 g/mol. The van der Waals surface area contributed by atoms with Crippen LogP contribution in [0.2, 0.25) is 0 Å². The third-order valence-corrected chi connectivity index (χ3v) is 5.22. The first-order chi connectivity index (χ1) is 12.7. The lowest BCUT2D eigenvalue weighted by atomic mass is 9.85. The molecule has 2 rings (SSSR count). The fraction of sp³-hybridized carbons (Fsp3) is 0.636. The van der Waals surface area contributed by atoms with Crippen LogP contribution in [0.1, 0.15) is 57.2 Å². The van der Waals surface area contributed by atoms with Gasteiger partial charge in [-0.1, -0.05) is 45.9 Å². The molecule has 3 amide bonds. The van der Waals surface area contributed by atoms with Crippen molar-refractivity contribution in [3.63, 3.8) is 0 Å². The van der Waals surface area contributed by atoms with Crippen molar-refractivity contribution in [1.29, 1.82) is 0 Å². The minimum Gasteiger partial charge on any atom is -0.341 e. The molecule has 0 unspecified atom stereocenters. The van der Waals surface area contributed by atoms with Gasteiger partial charge in [0, 0.05) is 32.7 Å². The number of carbonyl (C=O) groups excluding carboxylic acids is 2. The largest absolute Gasteiger partial charge is 0.341 e. The van der Waals surface area contributed by atoms with Gasteiger partial charge in [-0.3, -0.25) is 4.79 Å². The van der Waals surface area contributed by atoms with Crippen molar-refractivity contribution < 1.29 is 9.59 Å². The Morgan fingerprint density at radius 2 is 1.74 bits per heavy atom. The maximum absolute atomic E-state index is 12.9. The molecule has 0 radical (unpaired) electrons. The molecule has 1 fully saturated rings. The van der Waals surface area contributed by atoms with E-state index in [1.54, 1.807) is 0 Å². The highest BCUT2D eigenvalue weighted by atomic mass is 16.2. The maximum atomic E-state index is 12.9. The molecule has 1 aliphatic rings. The van der Waals surface area contributed by atoms with Gasteiger partial charge in [0.2, 0.25) is 5.91 Å². The standard InChI is InChI=1S/C22H35N3O2/c1-6-10-23-21(27)25-12-7-11-24(13-14-25)20(26)16-18-15-19(22(3,4)5)9-8-17(18)2/h8-9,15H,6-7,10-14,16H2,1-5H3,(H,23,27). The van der Waals surface area contributed by atoms with Crippen molar-refractivity contribution >= 4 is 11.9 Å². The summed E-state index contributed by atoms with van der Waals surface area (Å²) in [4.78, 5) is 28.8. The SMILES string of the molecule is CCCNC(=O)N1CCCN(C(=O)Cc2cc(C(C)(C)C)ccc2C)CC1. The van der Waals surface area contributed by atoms with Gasteiger partial charge in [0.1, 0.15) is 0 Å². The van der Waals surface area contributed by atoms with Crippen molar-refractivity contribution in [3.8, 4) is 0 Å². The number of rotatable bonds is 4. The molecule has 1 aromatic carbocycles. The van der Waals surface area contributed by atoms with Crippen molar-refractivity contribution in [2.24, 2.45) is 0 Å². The van der Waals surface area contributed by atoms with E-state index in [0.29, 0.717) is 39.1 Å². The van der Waals surface area contributed by atoms with Gasteiger partial charge in [-0.2, -0.15) is 0 Å². The summed E-state index contributed by atoms with van der Waals surface area (Å²) in [6.07, 6.45) is 2.18. The van der Waals surface area contributed by atoms with Gasteiger partial charge >= 0.3 is 6.03 Å². The number of hydrogen-bond acceptors (Lipinski definition) is 2. The second kappa shape index (κ2) is 9.25. The van der Waals surface area contributed by atoms with Gasteiger partial charge in [-0.15, -0.1) is 0 Å². The highest BCUT2D eigenvalue weighted by Crippen LogP contribution is 2.25. The number of urea groups is 1. The molecule has 0 saturated carbocycles. The van der Waals surface area contributed by atoms with Crippen LogP contribution in [0.3, 0.4) is 0 Å². The van der Waals surface area contributed by atoms with Crippen molar-refractivity contribution in [2.75, 3.05) is 32.7 Å². The fourth-order valence-corrected chi connectivity index (χ4v) is 3.32. The molecule has 0 spiro atoms. The molecule has 0 atom stereocenters. The highest BCUT2D eigenvalue weighted by molar-refractivity contribution is 5.79. The van der Waals surface area contributed by atoms with Crippen LogP contribution in [-0.4, -0.2) is 54.5 Å². The van der Waals surface area contributed by atoms with Gasteiger partial charge in [0.15, 0.2) is 0 Å². The summed E-state index contributed by atoms with van der Waals surface area (Å²) in [5.41, 5.74) is 3.59. The van der Waals surface area contributed by atoms with Crippen molar-refractivity contribution in [1.82, 2.24) is 15.1 Å². The average Bonchev–Trinajstić information content (AvgIpc) is 2.86. The Labute approximate surface area is 164 Å². The van der Waals surface area contributed by atoms with Gasteiger partial charge in [-0.25, -0.2) is 4.79 Å². The Kier molecular flexibility index (Phi) is 7.28. The number of aryl methyl sites for hydroxylation is 1.